The molecular formula is C29H26N8. The number of anilines is 1. The van der Waals surface area contributed by atoms with Gasteiger partial charge in [-0.1, -0.05) is 20.4 Å². The maximum absolute atomic E-state index is 4.97. The van der Waals surface area contributed by atoms with Gasteiger partial charge in [0.05, 0.1) is 34.5 Å². The summed E-state index contributed by atoms with van der Waals surface area (Å²) < 4.78 is 0. The van der Waals surface area contributed by atoms with Crippen LogP contribution < -0.4 is 5.32 Å². The van der Waals surface area contributed by atoms with Gasteiger partial charge >= 0.3 is 0 Å². The number of hydrogen-bond donors (Lipinski definition) is 3. The Hall–Kier alpha value is -4.85. The van der Waals surface area contributed by atoms with Crippen molar-refractivity contribution in [1.29, 1.82) is 0 Å². The van der Waals surface area contributed by atoms with Crippen LogP contribution in [-0.2, 0) is 0 Å². The highest BCUT2D eigenvalue weighted by Crippen LogP contribution is 2.33. The molecule has 0 spiro atoms. The van der Waals surface area contributed by atoms with Crippen molar-refractivity contribution in [3.63, 3.8) is 0 Å². The first-order chi connectivity index (χ1) is 18.0. The molecule has 0 saturated carbocycles. The van der Waals surface area contributed by atoms with Crippen LogP contribution in [-0.4, -0.2) is 35.1 Å². The highest BCUT2D eigenvalue weighted by atomic mass is 15.1. The maximum atomic E-state index is 4.97. The zero-order valence-corrected chi connectivity index (χ0v) is 20.7. The summed E-state index contributed by atoms with van der Waals surface area (Å²) in [6, 6.07) is 14.0. The summed E-state index contributed by atoms with van der Waals surface area (Å²) in [5, 5.41) is 12.1. The second-order valence-electron chi connectivity index (χ2n) is 9.50. The van der Waals surface area contributed by atoms with Crippen LogP contribution >= 0.6 is 0 Å². The molecule has 3 N–H and O–H groups in total. The van der Waals surface area contributed by atoms with Crippen molar-refractivity contribution in [2.45, 2.75) is 20.3 Å². The van der Waals surface area contributed by atoms with Crippen molar-refractivity contribution < 1.29 is 0 Å². The van der Waals surface area contributed by atoms with Gasteiger partial charge in [-0.25, -0.2) is 4.98 Å². The van der Waals surface area contributed by atoms with E-state index in [2.05, 4.69) is 61.9 Å². The van der Waals surface area contributed by atoms with E-state index in [-0.39, 0.29) is 0 Å². The Labute approximate surface area is 214 Å². The fourth-order valence-electron chi connectivity index (χ4n) is 4.56. The highest BCUT2D eigenvalue weighted by Gasteiger charge is 2.16. The van der Waals surface area contributed by atoms with Gasteiger partial charge < -0.3 is 10.3 Å². The fourth-order valence-corrected chi connectivity index (χ4v) is 4.56. The molecule has 0 atom stereocenters. The van der Waals surface area contributed by atoms with E-state index >= 15 is 0 Å². The Bertz CT molecular complexity index is 1730. The van der Waals surface area contributed by atoms with E-state index in [1.54, 1.807) is 18.6 Å². The number of aromatic amines is 2. The summed E-state index contributed by atoms with van der Waals surface area (Å²) in [7, 11) is 0. The van der Waals surface area contributed by atoms with Crippen molar-refractivity contribution in [3.8, 4) is 33.9 Å². The van der Waals surface area contributed by atoms with Crippen molar-refractivity contribution in [2.75, 3.05) is 5.32 Å². The minimum absolute atomic E-state index is 0.528. The standard InChI is InChI=1S/C29H26N8/c1-17(2)11-18(3)33-21-12-20(15-31-16-21)23-6-7-25-28(35-23)29(37-36-25)26-13-22-24(34-26)8-10-32-27(22)19-5-4-9-30-14-19/h4-10,12-17,33-34H,3,11H2,1-2H3,(H,36,37). The molecule has 8 nitrogen and oxygen atoms in total. The SMILES string of the molecule is C=C(CC(C)C)Nc1cncc(-c2ccc3[nH]nc(-c4cc5c(-c6cccnc6)nccc5[nH]4)c3n2)c1. The van der Waals surface area contributed by atoms with Gasteiger partial charge in [0.1, 0.15) is 11.2 Å². The molecule has 0 radical (unpaired) electrons. The first-order valence-electron chi connectivity index (χ1n) is 12.2. The maximum Gasteiger partial charge on any atom is 0.135 e. The molecule has 6 heterocycles. The summed E-state index contributed by atoms with van der Waals surface area (Å²) in [4.78, 5) is 21.7. The van der Waals surface area contributed by atoms with E-state index < -0.39 is 0 Å². The number of allylic oxidation sites excluding steroid dienone is 1. The topological polar surface area (TPSA) is 108 Å². The largest absolute Gasteiger partial charge is 0.358 e. The zero-order chi connectivity index (χ0) is 25.4. The monoisotopic (exact) mass is 486 g/mol. The summed E-state index contributed by atoms with van der Waals surface area (Å²) in [6.45, 7) is 8.48. The lowest BCUT2D eigenvalue weighted by Crippen LogP contribution is -2.02. The molecule has 0 aliphatic carbocycles. The molecule has 0 fully saturated rings. The highest BCUT2D eigenvalue weighted by molar-refractivity contribution is 5.99. The lowest BCUT2D eigenvalue weighted by molar-refractivity contribution is 0.645. The van der Waals surface area contributed by atoms with Crippen LogP contribution in [0.25, 0.3) is 55.8 Å². The Kier molecular flexibility index (Phi) is 5.69. The zero-order valence-electron chi connectivity index (χ0n) is 20.7. The molecule has 0 unspecified atom stereocenters. The van der Waals surface area contributed by atoms with Crippen molar-refractivity contribution in [1.82, 2.24) is 35.1 Å². The lowest BCUT2D eigenvalue weighted by Gasteiger charge is -2.12. The Balaban J connectivity index is 1.38. The van der Waals surface area contributed by atoms with Gasteiger partial charge in [0.2, 0.25) is 0 Å². The predicted octanol–water partition coefficient (Wildman–Crippen LogP) is 6.60. The van der Waals surface area contributed by atoms with Gasteiger partial charge in [0, 0.05) is 52.5 Å². The summed E-state index contributed by atoms with van der Waals surface area (Å²) >= 11 is 0. The van der Waals surface area contributed by atoms with Gasteiger partial charge in [-0.05, 0) is 54.8 Å². The first-order valence-corrected chi connectivity index (χ1v) is 12.2. The Morgan fingerprint density at radius 3 is 2.68 bits per heavy atom. The first kappa shape index (κ1) is 22.6. The quantitative estimate of drug-likeness (QED) is 0.235. The van der Waals surface area contributed by atoms with E-state index in [9.17, 15) is 0 Å². The van der Waals surface area contributed by atoms with Crippen molar-refractivity contribution in [2.24, 2.45) is 5.92 Å². The number of nitrogens with one attached hydrogen (secondary N) is 3. The second-order valence-corrected chi connectivity index (χ2v) is 9.50. The van der Waals surface area contributed by atoms with Gasteiger partial charge in [-0.2, -0.15) is 5.10 Å². The minimum Gasteiger partial charge on any atom is -0.358 e. The normalized spacial score (nSPS) is 11.4. The van der Waals surface area contributed by atoms with Crippen LogP contribution in [0.1, 0.15) is 20.3 Å². The molecule has 0 saturated heterocycles. The second kappa shape index (κ2) is 9.31. The van der Waals surface area contributed by atoms with Crippen LogP contribution in [0.15, 0.2) is 85.7 Å². The average Bonchev–Trinajstić information content (AvgIpc) is 3.52. The Morgan fingerprint density at radius 1 is 0.946 bits per heavy atom. The van der Waals surface area contributed by atoms with Crippen molar-refractivity contribution >= 4 is 27.6 Å². The van der Waals surface area contributed by atoms with E-state index in [1.165, 1.54) is 0 Å². The van der Waals surface area contributed by atoms with Crippen LogP contribution in [0.3, 0.4) is 0 Å². The third kappa shape index (κ3) is 4.45. The third-order valence-electron chi connectivity index (χ3n) is 6.16. The van der Waals surface area contributed by atoms with Crippen LogP contribution in [0.4, 0.5) is 5.69 Å². The number of fused-ring (bicyclic) bond motifs is 2. The third-order valence-corrected chi connectivity index (χ3v) is 6.16. The van der Waals surface area contributed by atoms with E-state index in [1.807, 2.05) is 48.8 Å². The molecule has 0 aromatic carbocycles. The van der Waals surface area contributed by atoms with Gasteiger partial charge in [-0.3, -0.25) is 20.1 Å². The Morgan fingerprint density at radius 2 is 1.84 bits per heavy atom. The number of H-pyrrole nitrogens is 2. The molecule has 6 aromatic rings. The number of nitrogens with zero attached hydrogens (tertiary/aromatic N) is 5. The van der Waals surface area contributed by atoms with Crippen LogP contribution in [0.5, 0.6) is 0 Å². The molecule has 0 aliphatic heterocycles. The lowest BCUT2D eigenvalue weighted by atomic mass is 10.1. The van der Waals surface area contributed by atoms with E-state index in [0.717, 1.165) is 73.6 Å². The smallest absolute Gasteiger partial charge is 0.135 e. The number of aromatic nitrogens is 7. The average molecular weight is 487 g/mol. The molecule has 37 heavy (non-hydrogen) atoms. The van der Waals surface area contributed by atoms with E-state index in [0.29, 0.717) is 5.92 Å². The van der Waals surface area contributed by atoms with Gasteiger partial charge in [0.15, 0.2) is 0 Å². The number of hydrogen-bond acceptors (Lipinski definition) is 6. The van der Waals surface area contributed by atoms with Crippen LogP contribution in [0, 0.1) is 5.92 Å². The molecule has 6 aromatic heterocycles. The molecule has 182 valence electrons. The molecule has 8 heteroatoms. The fraction of sp³-hybridized carbons (Fsp3) is 0.138. The van der Waals surface area contributed by atoms with Gasteiger partial charge in [0.25, 0.3) is 0 Å². The van der Waals surface area contributed by atoms with E-state index in [4.69, 9.17) is 4.98 Å². The molecule has 6 rings (SSSR count). The molecule has 0 bridgehead atoms. The predicted molar refractivity (Wildman–Crippen MR) is 148 cm³/mol. The summed E-state index contributed by atoms with van der Waals surface area (Å²) in [5.41, 5.74) is 9.64. The number of rotatable bonds is 7. The summed E-state index contributed by atoms with van der Waals surface area (Å²) in [6.07, 6.45) is 9.90. The van der Waals surface area contributed by atoms with Crippen molar-refractivity contribution in [3.05, 3.63) is 85.7 Å². The molecule has 0 aliphatic rings. The number of pyridine rings is 4. The molecule has 0 amide bonds. The minimum atomic E-state index is 0.528. The van der Waals surface area contributed by atoms with Gasteiger partial charge in [-0.15, -0.1) is 0 Å². The molecular weight excluding hydrogens is 460 g/mol. The van der Waals surface area contributed by atoms with Crippen LogP contribution in [0.2, 0.25) is 0 Å². The summed E-state index contributed by atoms with van der Waals surface area (Å²) in [5.74, 6) is 0.528.